The molecule has 1 aliphatic rings. The van der Waals surface area contributed by atoms with Gasteiger partial charge in [0.25, 0.3) is 0 Å². The van der Waals surface area contributed by atoms with E-state index in [0.29, 0.717) is 5.92 Å². The van der Waals surface area contributed by atoms with Gasteiger partial charge in [-0.2, -0.15) is 0 Å². The first-order valence-electron chi connectivity index (χ1n) is 10.8. The summed E-state index contributed by atoms with van der Waals surface area (Å²) in [5.41, 5.74) is 3.78. The second-order valence-corrected chi connectivity index (χ2v) is 8.49. The van der Waals surface area contributed by atoms with Gasteiger partial charge in [0.05, 0.1) is 5.92 Å². The lowest BCUT2D eigenvalue weighted by molar-refractivity contribution is -0.126. The number of nitrogens with one attached hydrogen (secondary N) is 1. The molecule has 0 spiro atoms. The van der Waals surface area contributed by atoms with E-state index in [4.69, 9.17) is 0 Å². The van der Waals surface area contributed by atoms with Crippen LogP contribution in [0.15, 0.2) is 48.5 Å². The molecule has 1 heterocycles. The Morgan fingerprint density at radius 1 is 1.10 bits per heavy atom. The Kier molecular flexibility index (Phi) is 7.82. The Bertz CT molecular complexity index is 770. The summed E-state index contributed by atoms with van der Waals surface area (Å²) in [7, 11) is 0. The number of carbonyl (C=O) groups excluding carboxylic acids is 1. The molecule has 2 aromatic rings. The Labute approximate surface area is 174 Å². The largest absolute Gasteiger partial charge is 0.356 e. The molecule has 0 radical (unpaired) electrons. The van der Waals surface area contributed by atoms with Crippen LogP contribution in [0.1, 0.15) is 55.7 Å². The third kappa shape index (κ3) is 6.67. The van der Waals surface area contributed by atoms with Crippen molar-refractivity contribution < 1.29 is 9.18 Å². The molecular formula is C25H33FN2O. The number of carbonyl (C=O) groups is 1. The minimum Gasteiger partial charge on any atom is -0.356 e. The first-order chi connectivity index (χ1) is 14.0. The van der Waals surface area contributed by atoms with Crippen LogP contribution in [0.4, 0.5) is 4.39 Å². The van der Waals surface area contributed by atoms with Gasteiger partial charge in [-0.15, -0.1) is 0 Å². The molecule has 29 heavy (non-hydrogen) atoms. The van der Waals surface area contributed by atoms with Crippen molar-refractivity contribution in [3.63, 3.8) is 0 Å². The summed E-state index contributed by atoms with van der Waals surface area (Å²) in [6.45, 7) is 7.68. The Hall–Kier alpha value is -2.20. The smallest absolute Gasteiger partial charge is 0.224 e. The summed E-state index contributed by atoms with van der Waals surface area (Å²) in [4.78, 5) is 14.9. The number of nitrogens with zero attached hydrogens (tertiary/aromatic N) is 1. The standard InChI is InChI=1S/C25H33FN2O/c1-19(2)22-11-7-20(8-12-22)5-3-15-27-25(29)23-6-4-16-28(18-23)17-21-9-13-24(26)14-10-21/h7-14,19,23H,3-6,15-18H2,1-2H3,(H,27,29)/t23-/m0/s1. The predicted molar refractivity (Wildman–Crippen MR) is 116 cm³/mol. The van der Waals surface area contributed by atoms with E-state index in [0.717, 1.165) is 57.4 Å². The summed E-state index contributed by atoms with van der Waals surface area (Å²) in [5.74, 6) is 0.570. The molecule has 0 unspecified atom stereocenters. The molecular weight excluding hydrogens is 363 g/mol. The van der Waals surface area contributed by atoms with Crippen molar-refractivity contribution >= 4 is 5.91 Å². The molecule has 156 valence electrons. The van der Waals surface area contributed by atoms with E-state index in [2.05, 4.69) is 48.3 Å². The molecule has 1 N–H and O–H groups in total. The molecule has 0 aliphatic carbocycles. The van der Waals surface area contributed by atoms with Crippen molar-refractivity contribution in [2.75, 3.05) is 19.6 Å². The van der Waals surface area contributed by atoms with E-state index in [9.17, 15) is 9.18 Å². The average molecular weight is 397 g/mol. The van der Waals surface area contributed by atoms with E-state index in [1.54, 1.807) is 0 Å². The molecule has 1 fully saturated rings. The number of likely N-dealkylation sites (tertiary alicyclic amines) is 1. The van der Waals surface area contributed by atoms with Crippen LogP contribution in [0, 0.1) is 11.7 Å². The van der Waals surface area contributed by atoms with Crippen LogP contribution in [0.5, 0.6) is 0 Å². The monoisotopic (exact) mass is 396 g/mol. The maximum atomic E-state index is 13.1. The topological polar surface area (TPSA) is 32.3 Å². The van der Waals surface area contributed by atoms with Gasteiger partial charge in [0, 0.05) is 19.6 Å². The summed E-state index contributed by atoms with van der Waals surface area (Å²) >= 11 is 0. The maximum absolute atomic E-state index is 13.1. The highest BCUT2D eigenvalue weighted by Gasteiger charge is 2.25. The fourth-order valence-corrected chi connectivity index (χ4v) is 3.98. The molecule has 1 atom stereocenters. The zero-order valence-electron chi connectivity index (χ0n) is 17.7. The SMILES string of the molecule is CC(C)c1ccc(CCCNC(=O)[C@H]2CCCN(Cc3ccc(F)cc3)C2)cc1. The third-order valence-electron chi connectivity index (χ3n) is 5.78. The van der Waals surface area contributed by atoms with Gasteiger partial charge in [-0.25, -0.2) is 4.39 Å². The van der Waals surface area contributed by atoms with Gasteiger partial charge in [-0.05, 0) is 67.0 Å². The van der Waals surface area contributed by atoms with Gasteiger partial charge in [0.1, 0.15) is 5.82 Å². The summed E-state index contributed by atoms with van der Waals surface area (Å²) in [5, 5.41) is 3.13. The fourth-order valence-electron chi connectivity index (χ4n) is 3.98. The Morgan fingerprint density at radius 3 is 2.48 bits per heavy atom. The van der Waals surface area contributed by atoms with Crippen molar-refractivity contribution in [3.05, 3.63) is 71.0 Å². The maximum Gasteiger partial charge on any atom is 0.224 e. The number of rotatable bonds is 8. The second-order valence-electron chi connectivity index (χ2n) is 8.49. The van der Waals surface area contributed by atoms with Crippen LogP contribution in [0.25, 0.3) is 0 Å². The van der Waals surface area contributed by atoms with Gasteiger partial charge in [0.15, 0.2) is 0 Å². The van der Waals surface area contributed by atoms with E-state index in [1.807, 2.05) is 12.1 Å². The number of piperidine rings is 1. The summed E-state index contributed by atoms with van der Waals surface area (Å²) < 4.78 is 13.1. The number of benzene rings is 2. The lowest BCUT2D eigenvalue weighted by Gasteiger charge is -2.32. The Balaban J connectivity index is 1.39. The number of hydrogen-bond donors (Lipinski definition) is 1. The van der Waals surface area contributed by atoms with Crippen LogP contribution >= 0.6 is 0 Å². The summed E-state index contributed by atoms with van der Waals surface area (Å²) in [6.07, 6.45) is 3.92. The predicted octanol–water partition coefficient (Wildman–Crippen LogP) is 4.91. The number of amides is 1. The minimum absolute atomic E-state index is 0.0505. The van der Waals surface area contributed by atoms with E-state index in [1.165, 1.54) is 23.3 Å². The molecule has 0 bridgehead atoms. The number of aryl methyl sites for hydroxylation is 1. The van der Waals surface area contributed by atoms with Crippen LogP contribution in [-0.2, 0) is 17.8 Å². The number of halogens is 1. The van der Waals surface area contributed by atoms with Crippen LogP contribution in [-0.4, -0.2) is 30.4 Å². The van der Waals surface area contributed by atoms with Crippen molar-refractivity contribution in [1.82, 2.24) is 10.2 Å². The molecule has 1 aliphatic heterocycles. The van der Waals surface area contributed by atoms with E-state index in [-0.39, 0.29) is 17.6 Å². The first-order valence-corrected chi connectivity index (χ1v) is 10.8. The average Bonchev–Trinajstić information content (AvgIpc) is 2.73. The molecule has 3 rings (SSSR count). The van der Waals surface area contributed by atoms with Crippen molar-refractivity contribution in [2.24, 2.45) is 5.92 Å². The summed E-state index contributed by atoms with van der Waals surface area (Å²) in [6, 6.07) is 15.5. The Morgan fingerprint density at radius 2 is 1.79 bits per heavy atom. The molecule has 3 nitrogen and oxygen atoms in total. The van der Waals surface area contributed by atoms with Crippen molar-refractivity contribution in [3.8, 4) is 0 Å². The van der Waals surface area contributed by atoms with E-state index >= 15 is 0 Å². The van der Waals surface area contributed by atoms with Gasteiger partial charge in [0.2, 0.25) is 5.91 Å². The molecule has 1 saturated heterocycles. The zero-order chi connectivity index (χ0) is 20.6. The highest BCUT2D eigenvalue weighted by molar-refractivity contribution is 5.78. The van der Waals surface area contributed by atoms with Crippen molar-refractivity contribution in [1.29, 1.82) is 0 Å². The highest BCUT2D eigenvalue weighted by atomic mass is 19.1. The van der Waals surface area contributed by atoms with Crippen molar-refractivity contribution in [2.45, 2.75) is 52.0 Å². The third-order valence-corrected chi connectivity index (χ3v) is 5.78. The number of hydrogen-bond acceptors (Lipinski definition) is 2. The van der Waals surface area contributed by atoms with E-state index < -0.39 is 0 Å². The lowest BCUT2D eigenvalue weighted by atomic mass is 9.96. The van der Waals surface area contributed by atoms with Crippen LogP contribution in [0.3, 0.4) is 0 Å². The lowest BCUT2D eigenvalue weighted by Crippen LogP contribution is -2.42. The van der Waals surface area contributed by atoms with Crippen LogP contribution in [0.2, 0.25) is 0 Å². The fraction of sp³-hybridized carbons (Fsp3) is 0.480. The normalized spacial score (nSPS) is 17.4. The molecule has 4 heteroatoms. The molecule has 0 aromatic heterocycles. The highest BCUT2D eigenvalue weighted by Crippen LogP contribution is 2.19. The quantitative estimate of drug-likeness (QED) is 0.643. The van der Waals surface area contributed by atoms with Gasteiger partial charge >= 0.3 is 0 Å². The molecule has 2 aromatic carbocycles. The first kappa shape index (κ1) is 21.5. The zero-order valence-corrected chi connectivity index (χ0v) is 17.7. The van der Waals surface area contributed by atoms with Crippen LogP contribution < -0.4 is 5.32 Å². The van der Waals surface area contributed by atoms with Gasteiger partial charge in [-0.1, -0.05) is 50.2 Å². The molecule has 1 amide bonds. The van der Waals surface area contributed by atoms with Gasteiger partial charge in [-0.3, -0.25) is 9.69 Å². The minimum atomic E-state index is -0.208. The van der Waals surface area contributed by atoms with Gasteiger partial charge < -0.3 is 5.32 Å². The second kappa shape index (κ2) is 10.5. The molecule has 0 saturated carbocycles.